The average molecular weight is 631 g/mol. The molecule has 3 N–H and O–H groups in total. The Labute approximate surface area is 279 Å². The fourth-order valence-corrected chi connectivity index (χ4v) is 7.68. The minimum absolute atomic E-state index is 0.127. The van der Waals surface area contributed by atoms with E-state index in [0.29, 0.717) is 16.6 Å². The van der Waals surface area contributed by atoms with Crippen LogP contribution in [0.5, 0.6) is 5.75 Å². The van der Waals surface area contributed by atoms with Crippen LogP contribution in [0.25, 0.3) is 75.4 Å². The number of benzene rings is 10. The molecule has 0 fully saturated rings. The summed E-state index contributed by atoms with van der Waals surface area (Å²) in [7, 11) is 0. The van der Waals surface area contributed by atoms with Crippen molar-refractivity contribution in [1.82, 2.24) is 0 Å². The molecule has 10 aromatic rings. The maximum atomic E-state index is 13.7. The molecule has 2 amide bonds. The van der Waals surface area contributed by atoms with Gasteiger partial charge < -0.3 is 15.7 Å². The molecule has 0 atom stereocenters. The zero-order valence-electron chi connectivity index (χ0n) is 26.0. The maximum absolute atomic E-state index is 13.7. The lowest BCUT2D eigenvalue weighted by molar-refractivity contribution is 0.101. The van der Waals surface area contributed by atoms with Crippen LogP contribution in [0.15, 0.2) is 140 Å². The summed E-state index contributed by atoms with van der Waals surface area (Å²) in [4.78, 5) is 27.4. The number of phenolic OH excluding ortho intramolecular Hbond substituents is 1. The maximum Gasteiger partial charge on any atom is 0.259 e. The van der Waals surface area contributed by atoms with E-state index in [4.69, 9.17) is 0 Å². The van der Waals surface area contributed by atoms with E-state index in [1.807, 2.05) is 30.3 Å². The van der Waals surface area contributed by atoms with E-state index in [2.05, 4.69) is 89.5 Å². The second kappa shape index (κ2) is 10.1. The molecule has 0 aromatic heterocycles. The molecule has 0 aliphatic carbocycles. The topological polar surface area (TPSA) is 78.4 Å². The van der Waals surface area contributed by atoms with Crippen LogP contribution in [0.1, 0.15) is 20.7 Å². The van der Waals surface area contributed by atoms with E-state index in [-0.39, 0.29) is 17.2 Å². The number of rotatable bonds is 4. The van der Waals surface area contributed by atoms with Crippen molar-refractivity contribution in [2.24, 2.45) is 0 Å². The number of fused-ring (bicyclic) bond motifs is 1. The summed E-state index contributed by atoms with van der Waals surface area (Å²) in [6.45, 7) is 0. The molecule has 5 heteroatoms. The number of amides is 2. The van der Waals surface area contributed by atoms with Gasteiger partial charge in [0.25, 0.3) is 11.8 Å². The molecular weight excluding hydrogens is 604 g/mol. The average Bonchev–Trinajstić information content (AvgIpc) is 3.13. The Hall–Kier alpha value is -6.72. The van der Waals surface area contributed by atoms with Crippen molar-refractivity contribution in [2.45, 2.75) is 0 Å². The number of nitrogens with one attached hydrogen (secondary N) is 2. The number of hydrogen-bond acceptors (Lipinski definition) is 3. The third kappa shape index (κ3) is 4.12. The Morgan fingerprint density at radius 3 is 1.41 bits per heavy atom. The van der Waals surface area contributed by atoms with Crippen LogP contribution in [0, 0.1) is 0 Å². The van der Waals surface area contributed by atoms with Crippen LogP contribution in [0.2, 0.25) is 0 Å². The molecule has 10 aromatic carbocycles. The predicted octanol–water partition coefficient (Wildman–Crippen LogP) is 10.8. The molecule has 0 saturated carbocycles. The zero-order valence-corrected chi connectivity index (χ0v) is 26.0. The van der Waals surface area contributed by atoms with Crippen LogP contribution < -0.4 is 10.6 Å². The first-order chi connectivity index (χ1) is 24.0. The van der Waals surface area contributed by atoms with Crippen molar-refractivity contribution in [3.05, 3.63) is 151 Å². The Kier molecular flexibility index (Phi) is 5.67. The van der Waals surface area contributed by atoms with Gasteiger partial charge in [0.15, 0.2) is 0 Å². The summed E-state index contributed by atoms with van der Waals surface area (Å²) in [6, 6.07) is 45.6. The van der Waals surface area contributed by atoms with E-state index in [1.54, 1.807) is 30.3 Å². The molecule has 0 unspecified atom stereocenters. The SMILES string of the molecule is O=C(Nc1ccc2ccc3cccc4ccc1c2c34)c1ccc2cc(O)c(C(=O)Nc3ccc4ccc5cccc6ccc3c4c56)cc2c1. The van der Waals surface area contributed by atoms with Crippen LogP contribution in [0.3, 0.4) is 0 Å². The number of phenols is 1. The fraction of sp³-hybridized carbons (Fsp3) is 0. The van der Waals surface area contributed by atoms with Gasteiger partial charge in [0.1, 0.15) is 5.75 Å². The van der Waals surface area contributed by atoms with Crippen LogP contribution >= 0.6 is 0 Å². The van der Waals surface area contributed by atoms with Crippen molar-refractivity contribution in [3.63, 3.8) is 0 Å². The van der Waals surface area contributed by atoms with E-state index < -0.39 is 5.91 Å². The number of hydrogen-bond donors (Lipinski definition) is 3. The van der Waals surface area contributed by atoms with Crippen LogP contribution in [-0.4, -0.2) is 16.9 Å². The Morgan fingerprint density at radius 1 is 0.408 bits per heavy atom. The molecule has 0 aliphatic heterocycles. The largest absolute Gasteiger partial charge is 0.507 e. The lowest BCUT2D eigenvalue weighted by Crippen LogP contribution is -2.13. The van der Waals surface area contributed by atoms with E-state index >= 15 is 0 Å². The summed E-state index contributed by atoms with van der Waals surface area (Å²) >= 11 is 0. The zero-order chi connectivity index (χ0) is 32.8. The van der Waals surface area contributed by atoms with Crippen molar-refractivity contribution < 1.29 is 14.7 Å². The highest BCUT2D eigenvalue weighted by atomic mass is 16.3. The highest BCUT2D eigenvalue weighted by molar-refractivity contribution is 6.28. The van der Waals surface area contributed by atoms with E-state index in [0.717, 1.165) is 70.3 Å². The molecule has 0 radical (unpaired) electrons. The molecule has 0 bridgehead atoms. The molecule has 5 nitrogen and oxygen atoms in total. The van der Waals surface area contributed by atoms with Gasteiger partial charge in [-0.05, 0) is 101 Å². The lowest BCUT2D eigenvalue weighted by atomic mass is 9.93. The lowest BCUT2D eigenvalue weighted by Gasteiger charge is -2.15. The minimum Gasteiger partial charge on any atom is -0.507 e. The number of anilines is 2. The van der Waals surface area contributed by atoms with Gasteiger partial charge in [0.05, 0.1) is 5.56 Å². The monoisotopic (exact) mass is 630 g/mol. The van der Waals surface area contributed by atoms with Gasteiger partial charge >= 0.3 is 0 Å². The third-order valence-electron chi connectivity index (χ3n) is 10.0. The fourth-order valence-electron chi connectivity index (χ4n) is 7.68. The number of carbonyl (C=O) groups is 2. The first-order valence-electron chi connectivity index (χ1n) is 16.2. The van der Waals surface area contributed by atoms with Gasteiger partial charge in [-0.2, -0.15) is 0 Å². The Bertz CT molecular complexity index is 2970. The summed E-state index contributed by atoms with van der Waals surface area (Å²) in [5, 5.41) is 31.8. The molecule has 49 heavy (non-hydrogen) atoms. The van der Waals surface area contributed by atoms with Crippen molar-refractivity contribution >= 4 is 98.6 Å². The summed E-state index contributed by atoms with van der Waals surface area (Å²) in [5.41, 5.74) is 1.97. The molecule has 0 heterocycles. The van der Waals surface area contributed by atoms with E-state index in [1.165, 1.54) is 5.39 Å². The van der Waals surface area contributed by atoms with Gasteiger partial charge in [-0.3, -0.25) is 9.59 Å². The second-order valence-electron chi connectivity index (χ2n) is 12.8. The van der Waals surface area contributed by atoms with E-state index in [9.17, 15) is 14.7 Å². The molecule has 0 aliphatic rings. The number of aromatic hydroxyl groups is 1. The van der Waals surface area contributed by atoms with Crippen molar-refractivity contribution in [2.75, 3.05) is 10.6 Å². The molecule has 0 saturated heterocycles. The van der Waals surface area contributed by atoms with Gasteiger partial charge in [0.2, 0.25) is 0 Å². The van der Waals surface area contributed by atoms with Gasteiger partial charge in [-0.25, -0.2) is 0 Å². The van der Waals surface area contributed by atoms with Gasteiger partial charge in [0, 0.05) is 27.7 Å². The first-order valence-corrected chi connectivity index (χ1v) is 16.2. The quantitative estimate of drug-likeness (QED) is 0.169. The second-order valence-corrected chi connectivity index (χ2v) is 12.8. The third-order valence-corrected chi connectivity index (χ3v) is 10.0. The normalized spacial score (nSPS) is 11.9. The summed E-state index contributed by atoms with van der Waals surface area (Å²) < 4.78 is 0. The van der Waals surface area contributed by atoms with Crippen LogP contribution in [0.4, 0.5) is 11.4 Å². The standard InChI is InChI=1S/C44H26N2O3/c47-38-23-30-11-12-31(43(48)45-36-19-15-28-9-7-24-3-1-5-26-13-17-33(36)41(28)39(24)26)21-32(30)22-35(38)44(49)46-37-20-16-29-10-8-25-4-2-6-27-14-18-34(37)42(29)40(25)27/h1-23,47H,(H,45,48)(H,46,49). The smallest absolute Gasteiger partial charge is 0.259 e. The van der Waals surface area contributed by atoms with Crippen molar-refractivity contribution in [3.8, 4) is 5.75 Å². The first kappa shape index (κ1) is 27.4. The molecular formula is C44H26N2O3. The predicted molar refractivity (Wildman–Crippen MR) is 202 cm³/mol. The van der Waals surface area contributed by atoms with Gasteiger partial charge in [-0.1, -0.05) is 103 Å². The summed E-state index contributed by atoms with van der Waals surface area (Å²) in [6.07, 6.45) is 0. The van der Waals surface area contributed by atoms with Crippen LogP contribution in [-0.2, 0) is 0 Å². The van der Waals surface area contributed by atoms with Crippen molar-refractivity contribution in [1.29, 1.82) is 0 Å². The highest BCUT2D eigenvalue weighted by Crippen LogP contribution is 2.39. The van der Waals surface area contributed by atoms with Gasteiger partial charge in [-0.15, -0.1) is 0 Å². The summed E-state index contributed by atoms with van der Waals surface area (Å²) in [5.74, 6) is -0.823. The Morgan fingerprint density at radius 2 is 0.857 bits per heavy atom. The Balaban J connectivity index is 0.990. The molecule has 230 valence electrons. The minimum atomic E-state index is -0.432. The number of carbonyl (C=O) groups excluding carboxylic acids is 2. The molecule has 0 spiro atoms. The highest BCUT2D eigenvalue weighted by Gasteiger charge is 2.18. The molecule has 10 rings (SSSR count).